The molecule has 2 aromatic rings. The Balaban J connectivity index is 1.85. The van der Waals surface area contributed by atoms with E-state index in [1.54, 1.807) is 24.3 Å². The lowest BCUT2D eigenvalue weighted by molar-refractivity contribution is -0.123. The first-order valence-electron chi connectivity index (χ1n) is 6.91. The Kier molecular flexibility index (Phi) is 6.13. The first-order chi connectivity index (χ1) is 11.9. The van der Waals surface area contributed by atoms with Gasteiger partial charge in [0.15, 0.2) is 18.2 Å². The number of carbonyl (C=O) groups is 2. The molecule has 0 aliphatic heterocycles. The van der Waals surface area contributed by atoms with Crippen LogP contribution in [0.15, 0.2) is 36.4 Å². The van der Waals surface area contributed by atoms with Gasteiger partial charge in [-0.15, -0.1) is 0 Å². The van der Waals surface area contributed by atoms with E-state index in [1.165, 1.54) is 7.11 Å². The Labute approximate surface area is 146 Å². The summed E-state index contributed by atoms with van der Waals surface area (Å²) in [6.45, 7) is -0.377. The van der Waals surface area contributed by atoms with Gasteiger partial charge < -0.3 is 9.47 Å². The number of hydrogen-bond acceptors (Lipinski definition) is 4. The Morgan fingerprint density at radius 3 is 2.28 bits per heavy atom. The Bertz CT molecular complexity index is 784. The largest absolute Gasteiger partial charge is 0.497 e. The second-order valence-electron chi connectivity index (χ2n) is 4.71. The third-order valence-electron chi connectivity index (χ3n) is 3.00. The van der Waals surface area contributed by atoms with Gasteiger partial charge in [-0.25, -0.2) is 8.78 Å². The van der Waals surface area contributed by atoms with Crippen LogP contribution in [-0.4, -0.2) is 25.5 Å². The molecular formula is C16H13ClF2N2O4. The van der Waals surface area contributed by atoms with Crippen LogP contribution < -0.4 is 20.3 Å². The molecule has 0 heterocycles. The molecule has 9 heteroatoms. The van der Waals surface area contributed by atoms with E-state index in [0.717, 1.165) is 0 Å². The molecule has 0 spiro atoms. The summed E-state index contributed by atoms with van der Waals surface area (Å²) < 4.78 is 36.3. The van der Waals surface area contributed by atoms with Gasteiger partial charge >= 0.3 is 0 Å². The van der Waals surface area contributed by atoms with Gasteiger partial charge in [0, 0.05) is 0 Å². The summed E-state index contributed by atoms with van der Waals surface area (Å²) in [5.41, 5.74) is 3.78. The number of hydrazine groups is 1. The molecule has 0 saturated carbocycles. The van der Waals surface area contributed by atoms with Gasteiger partial charge in [0.25, 0.3) is 11.8 Å². The van der Waals surface area contributed by atoms with Gasteiger partial charge in [0.2, 0.25) is 0 Å². The molecule has 2 N–H and O–H groups in total. The number of hydrogen-bond donors (Lipinski definition) is 2. The highest BCUT2D eigenvalue weighted by molar-refractivity contribution is 6.33. The maximum Gasteiger partial charge on any atom is 0.276 e. The van der Waals surface area contributed by atoms with Gasteiger partial charge in [0.05, 0.1) is 17.7 Å². The van der Waals surface area contributed by atoms with Gasteiger partial charge in [-0.05, 0) is 36.4 Å². The van der Waals surface area contributed by atoms with Crippen molar-refractivity contribution in [2.24, 2.45) is 0 Å². The number of ether oxygens (including phenoxy) is 2. The fourth-order valence-corrected chi connectivity index (χ4v) is 1.98. The number of amides is 2. The van der Waals surface area contributed by atoms with E-state index in [9.17, 15) is 18.4 Å². The average molecular weight is 371 g/mol. The average Bonchev–Trinajstić information content (AvgIpc) is 2.61. The first-order valence-corrected chi connectivity index (χ1v) is 7.29. The minimum Gasteiger partial charge on any atom is -0.497 e. The van der Waals surface area contributed by atoms with Crippen molar-refractivity contribution in [2.45, 2.75) is 0 Å². The van der Waals surface area contributed by atoms with E-state index in [2.05, 4.69) is 5.43 Å². The van der Waals surface area contributed by atoms with E-state index in [1.807, 2.05) is 5.43 Å². The van der Waals surface area contributed by atoms with E-state index in [4.69, 9.17) is 21.1 Å². The van der Waals surface area contributed by atoms with Crippen molar-refractivity contribution in [1.82, 2.24) is 10.9 Å². The summed E-state index contributed by atoms with van der Waals surface area (Å²) >= 11 is 5.66. The molecule has 6 nitrogen and oxygen atoms in total. The Morgan fingerprint density at radius 2 is 1.64 bits per heavy atom. The number of halogens is 3. The summed E-state index contributed by atoms with van der Waals surface area (Å²) in [4.78, 5) is 23.5. The third-order valence-corrected chi connectivity index (χ3v) is 3.31. The molecule has 2 rings (SSSR count). The molecule has 0 fully saturated rings. The molecule has 0 aromatic heterocycles. The van der Waals surface area contributed by atoms with Crippen molar-refractivity contribution in [3.63, 3.8) is 0 Å². The predicted octanol–water partition coefficient (Wildman–Crippen LogP) is 2.47. The quantitative estimate of drug-likeness (QED) is 0.626. The highest BCUT2D eigenvalue weighted by Crippen LogP contribution is 2.20. The van der Waals surface area contributed by atoms with Crippen molar-refractivity contribution in [3.05, 3.63) is 58.6 Å². The smallest absolute Gasteiger partial charge is 0.276 e. The second-order valence-corrected chi connectivity index (χ2v) is 5.12. The molecule has 2 amide bonds. The third kappa shape index (κ3) is 5.05. The normalized spacial score (nSPS) is 10.1. The van der Waals surface area contributed by atoms with Crippen LogP contribution in [0.1, 0.15) is 10.4 Å². The lowest BCUT2D eigenvalue weighted by atomic mass is 10.2. The van der Waals surface area contributed by atoms with Crippen LogP contribution >= 0.6 is 11.6 Å². The molecule has 132 valence electrons. The molecule has 0 unspecified atom stereocenters. The van der Waals surface area contributed by atoms with Crippen molar-refractivity contribution < 1.29 is 27.8 Å². The fourth-order valence-electron chi connectivity index (χ4n) is 1.75. The minimum absolute atomic E-state index is 0.292. The van der Waals surface area contributed by atoms with E-state index < -0.39 is 23.4 Å². The zero-order chi connectivity index (χ0) is 18.4. The van der Waals surface area contributed by atoms with Crippen LogP contribution in [0.25, 0.3) is 0 Å². The molecule has 0 bridgehead atoms. The van der Waals surface area contributed by atoms with Gasteiger partial charge in [-0.3, -0.25) is 20.4 Å². The van der Waals surface area contributed by atoms with Crippen LogP contribution in [0.5, 0.6) is 11.5 Å². The number of benzene rings is 2. The second kappa shape index (κ2) is 8.29. The molecule has 25 heavy (non-hydrogen) atoms. The number of rotatable bonds is 5. The highest BCUT2D eigenvalue weighted by atomic mass is 35.5. The topological polar surface area (TPSA) is 76.7 Å². The molecule has 0 radical (unpaired) electrons. The summed E-state index contributed by atoms with van der Waals surface area (Å²) in [5, 5.41) is -0.292. The van der Waals surface area contributed by atoms with Gasteiger partial charge in [-0.2, -0.15) is 0 Å². The zero-order valence-electron chi connectivity index (χ0n) is 12.9. The number of methoxy groups -OCH3 is 1. The Morgan fingerprint density at radius 1 is 1.04 bits per heavy atom. The summed E-state index contributed by atoms with van der Waals surface area (Å²) in [7, 11) is 1.52. The summed E-state index contributed by atoms with van der Waals surface area (Å²) in [6.07, 6.45) is 0. The van der Waals surface area contributed by atoms with E-state index in [0.29, 0.717) is 23.6 Å². The van der Waals surface area contributed by atoms with Crippen molar-refractivity contribution in [2.75, 3.05) is 13.7 Å². The zero-order valence-corrected chi connectivity index (χ0v) is 13.7. The highest BCUT2D eigenvalue weighted by Gasteiger charge is 2.15. The molecule has 2 aromatic carbocycles. The maximum absolute atomic E-state index is 13.2. The minimum atomic E-state index is -1.23. The first kappa shape index (κ1) is 18.5. The molecule has 0 aliphatic rings. The van der Waals surface area contributed by atoms with Crippen LogP contribution in [0, 0.1) is 11.6 Å². The van der Waals surface area contributed by atoms with Gasteiger partial charge in [0.1, 0.15) is 11.5 Å². The molecule has 0 aliphatic carbocycles. The van der Waals surface area contributed by atoms with E-state index in [-0.39, 0.29) is 17.2 Å². The fraction of sp³-hybridized carbons (Fsp3) is 0.125. The van der Waals surface area contributed by atoms with Crippen molar-refractivity contribution >= 4 is 23.4 Å². The monoisotopic (exact) mass is 370 g/mol. The standard InChI is InChI=1S/C16H13ClF2N2O4/c1-24-9-2-4-10(5-3-9)25-8-15(22)20-21-16(23)11-6-13(18)14(19)7-12(11)17/h2-7H,8H2,1H3,(H,20,22)(H,21,23). The van der Waals surface area contributed by atoms with Crippen molar-refractivity contribution in [1.29, 1.82) is 0 Å². The summed E-state index contributed by atoms with van der Waals surface area (Å²) in [5.74, 6) is -2.93. The molecular weight excluding hydrogens is 358 g/mol. The van der Waals surface area contributed by atoms with Crippen molar-refractivity contribution in [3.8, 4) is 11.5 Å². The van der Waals surface area contributed by atoms with Crippen LogP contribution in [0.2, 0.25) is 5.02 Å². The molecule has 0 atom stereocenters. The predicted molar refractivity (Wildman–Crippen MR) is 85.5 cm³/mol. The molecule has 0 saturated heterocycles. The van der Waals surface area contributed by atoms with Crippen LogP contribution in [-0.2, 0) is 4.79 Å². The maximum atomic E-state index is 13.2. The van der Waals surface area contributed by atoms with Gasteiger partial charge in [-0.1, -0.05) is 11.6 Å². The summed E-state index contributed by atoms with van der Waals surface area (Å²) in [6, 6.07) is 7.81. The lowest BCUT2D eigenvalue weighted by Crippen LogP contribution is -2.44. The van der Waals surface area contributed by atoms with Crippen LogP contribution in [0.4, 0.5) is 8.78 Å². The SMILES string of the molecule is COc1ccc(OCC(=O)NNC(=O)c2cc(F)c(F)cc2Cl)cc1. The number of nitrogens with one attached hydrogen (secondary N) is 2. The lowest BCUT2D eigenvalue weighted by Gasteiger charge is -2.10. The Hall–Kier alpha value is -2.87. The number of carbonyl (C=O) groups excluding carboxylic acids is 2. The van der Waals surface area contributed by atoms with Crippen LogP contribution in [0.3, 0.4) is 0 Å². The van der Waals surface area contributed by atoms with E-state index >= 15 is 0 Å².